The minimum atomic E-state index is -0.652. The zero-order chi connectivity index (χ0) is 40.3. The second kappa shape index (κ2) is 19.4. The molecule has 13 nitrogen and oxygen atoms in total. The van der Waals surface area contributed by atoms with Crippen LogP contribution in [-0.4, -0.2) is 54.1 Å². The summed E-state index contributed by atoms with van der Waals surface area (Å²) in [5.41, 5.74) is 13.4. The van der Waals surface area contributed by atoms with Gasteiger partial charge in [-0.15, -0.1) is 5.10 Å². The summed E-state index contributed by atoms with van der Waals surface area (Å²) in [6, 6.07) is 37.6. The molecule has 0 aliphatic carbocycles. The quantitative estimate of drug-likeness (QED) is 0.0377. The van der Waals surface area contributed by atoms with Gasteiger partial charge in [0.15, 0.2) is 6.29 Å². The Labute approximate surface area is 340 Å². The molecule has 5 aromatic carbocycles. The lowest BCUT2D eigenvalue weighted by atomic mass is 9.97. The first-order valence-electron chi connectivity index (χ1n) is 19.1. The number of aromatic hydroxyl groups is 1. The maximum atomic E-state index is 12.8. The van der Waals surface area contributed by atoms with Gasteiger partial charge in [0.1, 0.15) is 5.75 Å². The Bertz CT molecular complexity index is 2290. The molecule has 0 radical (unpaired) electrons. The molecule has 2 amide bonds. The average Bonchev–Trinajstić information content (AvgIpc) is 3.73. The summed E-state index contributed by atoms with van der Waals surface area (Å²) in [6.45, 7) is 0.327. The van der Waals surface area contributed by atoms with Gasteiger partial charge in [-0.1, -0.05) is 96.7 Å². The Morgan fingerprint density at radius 2 is 1.53 bits per heavy atom. The Kier molecular flexibility index (Phi) is 13.4. The Balaban J connectivity index is 0.972. The summed E-state index contributed by atoms with van der Waals surface area (Å²) in [6.07, 6.45) is 1.26. The van der Waals surface area contributed by atoms with Crippen LogP contribution in [0.1, 0.15) is 66.8 Å². The fraction of sp³-hybridized carbons (Fsp3) is 0.250. The molecule has 1 fully saturated rings. The number of aromatic nitrogens is 4. The highest BCUT2D eigenvalue weighted by molar-refractivity contribution is 7.99. The number of phenols is 1. The van der Waals surface area contributed by atoms with Gasteiger partial charge in [-0.25, -0.2) is 0 Å². The van der Waals surface area contributed by atoms with Crippen molar-refractivity contribution in [3.8, 4) is 22.6 Å². The maximum Gasteiger partial charge on any atom is 0.224 e. The number of aliphatic hydroxyl groups is 1. The van der Waals surface area contributed by atoms with Gasteiger partial charge in [0.05, 0.1) is 35.9 Å². The number of amides is 2. The van der Waals surface area contributed by atoms with Crippen LogP contribution in [0.25, 0.3) is 16.8 Å². The molecule has 0 spiro atoms. The number of hydrogen-bond acceptors (Lipinski definition) is 11. The molecule has 0 bridgehead atoms. The highest BCUT2D eigenvalue weighted by Crippen LogP contribution is 2.40. The molecule has 2 heterocycles. The van der Waals surface area contributed by atoms with E-state index in [0.29, 0.717) is 60.9 Å². The fourth-order valence-corrected chi connectivity index (χ4v) is 7.58. The topological polar surface area (TPSA) is 187 Å². The van der Waals surface area contributed by atoms with Gasteiger partial charge in [0.2, 0.25) is 17.0 Å². The predicted molar refractivity (Wildman–Crippen MR) is 222 cm³/mol. The molecule has 7 rings (SSSR count). The molecule has 1 aromatic heterocycles. The predicted octanol–water partition coefficient (Wildman–Crippen LogP) is 7.26. The SMILES string of the molecule is Nc1ccccc1NC(=O)CCCCC(=O)NCc1ccccc1-c1ccc([C@@H]2O[C@H](CSc3nnnn3-c3ccc(O)cc3)C[C@H](c3ccc(CO)cc3)O2)cc1. The van der Waals surface area contributed by atoms with Crippen LogP contribution in [0.4, 0.5) is 11.4 Å². The molecule has 0 unspecified atom stereocenters. The van der Waals surface area contributed by atoms with E-state index >= 15 is 0 Å². The van der Waals surface area contributed by atoms with Crippen LogP contribution in [-0.2, 0) is 32.2 Å². The van der Waals surface area contributed by atoms with Crippen molar-refractivity contribution in [3.05, 3.63) is 144 Å². The van der Waals surface area contributed by atoms with Crippen LogP contribution in [0.15, 0.2) is 126 Å². The van der Waals surface area contributed by atoms with E-state index < -0.39 is 6.29 Å². The number of nitrogens with one attached hydrogen (secondary N) is 2. The molecular weight excluding hydrogens is 755 g/mol. The van der Waals surface area contributed by atoms with Gasteiger partial charge in [-0.05, 0) is 87.5 Å². The summed E-state index contributed by atoms with van der Waals surface area (Å²) in [7, 11) is 0. The number of anilines is 2. The van der Waals surface area contributed by atoms with Crippen molar-refractivity contribution in [2.45, 2.75) is 68.9 Å². The number of carbonyl (C=O) groups excluding carboxylic acids is 2. The van der Waals surface area contributed by atoms with Gasteiger partial charge in [-0.3, -0.25) is 9.59 Å². The molecule has 58 heavy (non-hydrogen) atoms. The van der Waals surface area contributed by atoms with E-state index in [1.54, 1.807) is 41.1 Å². The third-order valence-electron chi connectivity index (χ3n) is 9.83. The summed E-state index contributed by atoms with van der Waals surface area (Å²) in [5, 5.41) is 38.0. The summed E-state index contributed by atoms with van der Waals surface area (Å²) >= 11 is 1.48. The van der Waals surface area contributed by atoms with Crippen LogP contribution in [0.5, 0.6) is 5.75 Å². The zero-order valence-electron chi connectivity index (χ0n) is 31.7. The van der Waals surface area contributed by atoms with Crippen molar-refractivity contribution in [1.82, 2.24) is 25.5 Å². The largest absolute Gasteiger partial charge is 0.508 e. The van der Waals surface area contributed by atoms with E-state index in [4.69, 9.17) is 15.2 Å². The minimum Gasteiger partial charge on any atom is -0.508 e. The van der Waals surface area contributed by atoms with Gasteiger partial charge < -0.3 is 36.1 Å². The lowest BCUT2D eigenvalue weighted by Crippen LogP contribution is -2.31. The van der Waals surface area contributed by atoms with Crippen molar-refractivity contribution in [2.24, 2.45) is 0 Å². The highest BCUT2D eigenvalue weighted by atomic mass is 32.2. The molecule has 1 aliphatic rings. The number of nitrogens with two attached hydrogens (primary N) is 1. The normalized spacial score (nSPS) is 16.5. The van der Waals surface area contributed by atoms with Crippen molar-refractivity contribution in [2.75, 3.05) is 16.8 Å². The molecule has 298 valence electrons. The maximum absolute atomic E-state index is 12.8. The van der Waals surface area contributed by atoms with Crippen LogP contribution in [0, 0.1) is 0 Å². The third kappa shape index (κ3) is 10.5. The molecule has 0 saturated carbocycles. The van der Waals surface area contributed by atoms with Gasteiger partial charge in [-0.2, -0.15) is 4.68 Å². The number of rotatable bonds is 16. The summed E-state index contributed by atoms with van der Waals surface area (Å²) < 4.78 is 14.8. The molecule has 6 N–H and O–H groups in total. The lowest BCUT2D eigenvalue weighted by molar-refractivity contribution is -0.245. The molecular formula is C44H45N7O6S. The number of unbranched alkanes of at least 4 members (excludes halogenated alkanes) is 1. The van der Waals surface area contributed by atoms with E-state index in [2.05, 4.69) is 26.2 Å². The van der Waals surface area contributed by atoms with Crippen molar-refractivity contribution in [3.63, 3.8) is 0 Å². The van der Waals surface area contributed by atoms with E-state index in [-0.39, 0.29) is 36.4 Å². The molecule has 1 aliphatic heterocycles. The van der Waals surface area contributed by atoms with Crippen molar-refractivity contribution < 1.29 is 29.3 Å². The second-order valence-corrected chi connectivity index (χ2v) is 14.9. The monoisotopic (exact) mass is 799 g/mol. The number of tetrazole rings is 1. The number of para-hydroxylation sites is 2. The number of aliphatic hydroxyl groups excluding tert-OH is 1. The van der Waals surface area contributed by atoms with Gasteiger partial charge in [0.25, 0.3) is 0 Å². The molecule has 14 heteroatoms. The van der Waals surface area contributed by atoms with Crippen LogP contribution in [0.2, 0.25) is 0 Å². The average molecular weight is 800 g/mol. The van der Waals surface area contributed by atoms with Crippen LogP contribution >= 0.6 is 11.8 Å². The third-order valence-corrected chi connectivity index (χ3v) is 10.9. The summed E-state index contributed by atoms with van der Waals surface area (Å²) in [5.74, 6) is 0.509. The standard InChI is InChI=1S/C44H45N7O6S/c45-38-9-3-4-10-39(38)47-42(55)12-6-5-11-41(54)46-26-33-7-1-2-8-37(33)30-17-19-32(20-18-30)43-56-36(25-40(57-43)31-15-13-29(27-52)14-16-31)28-58-44-48-49-50-51(44)34-21-23-35(53)24-22-34/h1-4,7-10,13-24,36,40,43,52-53H,5-6,11-12,25-28,45H2,(H,46,54)(H,47,55)/t36-,40+,43+/m0/s1. The van der Waals surface area contributed by atoms with E-state index in [0.717, 1.165) is 39.1 Å². The van der Waals surface area contributed by atoms with E-state index in [1.807, 2.05) is 84.9 Å². The molecule has 6 aromatic rings. The minimum absolute atomic E-state index is 0.0393. The molecule has 3 atom stereocenters. The first kappa shape index (κ1) is 40.1. The summed E-state index contributed by atoms with van der Waals surface area (Å²) in [4.78, 5) is 25.1. The van der Waals surface area contributed by atoms with Crippen LogP contribution in [0.3, 0.4) is 0 Å². The molecule has 1 saturated heterocycles. The van der Waals surface area contributed by atoms with E-state index in [9.17, 15) is 19.8 Å². The first-order valence-corrected chi connectivity index (χ1v) is 20.1. The van der Waals surface area contributed by atoms with Crippen molar-refractivity contribution >= 4 is 35.0 Å². The Morgan fingerprint density at radius 3 is 2.29 bits per heavy atom. The number of ether oxygens (including phenoxy) is 2. The number of thioether (sulfide) groups is 1. The lowest BCUT2D eigenvalue weighted by Gasteiger charge is -2.36. The number of phenolic OH excluding ortho intramolecular Hbond substituents is 1. The van der Waals surface area contributed by atoms with Crippen molar-refractivity contribution in [1.29, 1.82) is 0 Å². The number of nitrogens with zero attached hydrogens (tertiary/aromatic N) is 4. The second-order valence-electron chi connectivity index (χ2n) is 13.9. The first-order chi connectivity index (χ1) is 28.3. The smallest absolute Gasteiger partial charge is 0.224 e. The number of hydrogen-bond donors (Lipinski definition) is 5. The Morgan fingerprint density at radius 1 is 0.828 bits per heavy atom. The number of benzene rings is 5. The number of carbonyl (C=O) groups is 2. The fourth-order valence-electron chi connectivity index (χ4n) is 6.67. The van der Waals surface area contributed by atoms with E-state index in [1.165, 1.54) is 11.8 Å². The van der Waals surface area contributed by atoms with Gasteiger partial charge in [0, 0.05) is 37.1 Å². The Hall–Kier alpha value is -6.06. The number of nitrogen functional groups attached to an aromatic ring is 1. The highest BCUT2D eigenvalue weighted by Gasteiger charge is 2.33. The van der Waals surface area contributed by atoms with Crippen LogP contribution < -0.4 is 16.4 Å². The van der Waals surface area contributed by atoms with Gasteiger partial charge >= 0.3 is 0 Å². The zero-order valence-corrected chi connectivity index (χ0v) is 32.6.